The number of carbonyl (C=O) groups is 1. The molecular weight excluding hydrogens is 358 g/mol. The van der Waals surface area contributed by atoms with Crippen molar-refractivity contribution in [2.75, 3.05) is 6.79 Å². The van der Waals surface area contributed by atoms with E-state index in [1.807, 2.05) is 49.4 Å². The first-order valence-corrected chi connectivity index (χ1v) is 9.18. The molecule has 2 aromatic carbocycles. The average Bonchev–Trinajstić information content (AvgIpc) is 3.36. The fourth-order valence-electron chi connectivity index (χ4n) is 3.00. The SMILES string of the molecule is CCc1ccc(-c2nnn(CC(=O)N[C@H](C)c3ccc4c(c3)OCO4)n2)cc1. The molecule has 0 unspecified atom stereocenters. The number of ether oxygens (including phenoxy) is 2. The summed E-state index contributed by atoms with van der Waals surface area (Å²) in [5.41, 5.74) is 3.05. The van der Waals surface area contributed by atoms with Crippen molar-refractivity contribution in [1.29, 1.82) is 0 Å². The maximum absolute atomic E-state index is 12.4. The molecule has 1 aliphatic rings. The third-order valence-corrected chi connectivity index (χ3v) is 4.63. The molecule has 0 aliphatic carbocycles. The zero-order chi connectivity index (χ0) is 19.5. The number of benzene rings is 2. The van der Waals surface area contributed by atoms with Crippen LogP contribution in [-0.2, 0) is 17.8 Å². The van der Waals surface area contributed by atoms with Gasteiger partial charge in [-0.25, -0.2) is 0 Å². The number of nitrogens with one attached hydrogen (secondary N) is 1. The summed E-state index contributed by atoms with van der Waals surface area (Å²) in [6.07, 6.45) is 0.974. The first-order valence-electron chi connectivity index (χ1n) is 9.18. The van der Waals surface area contributed by atoms with E-state index in [0.717, 1.165) is 17.5 Å². The first-order chi connectivity index (χ1) is 13.6. The van der Waals surface area contributed by atoms with Crippen LogP contribution in [0.1, 0.15) is 31.0 Å². The summed E-state index contributed by atoms with van der Waals surface area (Å²) in [6.45, 7) is 4.23. The molecule has 28 heavy (non-hydrogen) atoms. The molecule has 1 aliphatic heterocycles. The predicted octanol–water partition coefficient (Wildman–Crippen LogP) is 2.51. The number of hydrogen-bond acceptors (Lipinski definition) is 6. The highest BCUT2D eigenvalue weighted by atomic mass is 16.7. The summed E-state index contributed by atoms with van der Waals surface area (Å²) in [5, 5.41) is 15.3. The van der Waals surface area contributed by atoms with Crippen LogP contribution in [0.4, 0.5) is 0 Å². The van der Waals surface area contributed by atoms with Crippen molar-refractivity contribution < 1.29 is 14.3 Å². The van der Waals surface area contributed by atoms with Crippen LogP contribution in [0, 0.1) is 0 Å². The van der Waals surface area contributed by atoms with E-state index in [0.29, 0.717) is 17.3 Å². The van der Waals surface area contributed by atoms with E-state index in [-0.39, 0.29) is 25.3 Å². The quantitative estimate of drug-likeness (QED) is 0.708. The lowest BCUT2D eigenvalue weighted by Gasteiger charge is -2.14. The zero-order valence-electron chi connectivity index (χ0n) is 15.8. The molecule has 0 fully saturated rings. The second-order valence-electron chi connectivity index (χ2n) is 6.60. The van der Waals surface area contributed by atoms with E-state index in [9.17, 15) is 4.79 Å². The van der Waals surface area contributed by atoms with Crippen molar-refractivity contribution in [3.8, 4) is 22.9 Å². The Balaban J connectivity index is 1.37. The number of tetrazole rings is 1. The molecule has 0 radical (unpaired) electrons. The van der Waals surface area contributed by atoms with E-state index in [2.05, 4.69) is 27.7 Å². The topological polar surface area (TPSA) is 91.2 Å². The minimum absolute atomic E-state index is 0.00502. The Morgan fingerprint density at radius 3 is 2.75 bits per heavy atom. The van der Waals surface area contributed by atoms with Gasteiger partial charge in [0, 0.05) is 5.56 Å². The molecule has 8 nitrogen and oxygen atoms in total. The van der Waals surface area contributed by atoms with E-state index in [1.165, 1.54) is 10.4 Å². The molecule has 0 saturated heterocycles. The van der Waals surface area contributed by atoms with Crippen molar-refractivity contribution in [2.45, 2.75) is 32.9 Å². The van der Waals surface area contributed by atoms with Crippen molar-refractivity contribution >= 4 is 5.91 Å². The van der Waals surface area contributed by atoms with Gasteiger partial charge in [-0.2, -0.15) is 4.80 Å². The van der Waals surface area contributed by atoms with Gasteiger partial charge in [-0.15, -0.1) is 10.2 Å². The van der Waals surface area contributed by atoms with Gasteiger partial charge >= 0.3 is 0 Å². The van der Waals surface area contributed by atoms with Crippen LogP contribution >= 0.6 is 0 Å². The molecule has 2 heterocycles. The lowest BCUT2D eigenvalue weighted by molar-refractivity contribution is -0.122. The molecule has 0 saturated carbocycles. The number of amides is 1. The second kappa shape index (κ2) is 7.67. The van der Waals surface area contributed by atoms with Crippen LogP contribution < -0.4 is 14.8 Å². The lowest BCUT2D eigenvalue weighted by atomic mass is 10.1. The zero-order valence-corrected chi connectivity index (χ0v) is 15.8. The van der Waals surface area contributed by atoms with Gasteiger partial charge in [-0.1, -0.05) is 37.3 Å². The van der Waals surface area contributed by atoms with Gasteiger partial charge in [-0.05, 0) is 41.8 Å². The fraction of sp³-hybridized carbons (Fsp3) is 0.300. The van der Waals surface area contributed by atoms with Gasteiger partial charge in [0.1, 0.15) is 6.54 Å². The Hall–Kier alpha value is -3.42. The second-order valence-corrected chi connectivity index (χ2v) is 6.60. The summed E-state index contributed by atoms with van der Waals surface area (Å²) in [4.78, 5) is 13.7. The molecule has 8 heteroatoms. The fourth-order valence-corrected chi connectivity index (χ4v) is 3.00. The third kappa shape index (κ3) is 3.80. The van der Waals surface area contributed by atoms with Crippen LogP contribution in [0.3, 0.4) is 0 Å². The predicted molar refractivity (Wildman–Crippen MR) is 102 cm³/mol. The highest BCUT2D eigenvalue weighted by molar-refractivity contribution is 5.76. The van der Waals surface area contributed by atoms with Gasteiger partial charge in [0.15, 0.2) is 11.5 Å². The molecule has 4 rings (SSSR count). The maximum Gasteiger partial charge on any atom is 0.244 e. The Bertz CT molecular complexity index is 984. The van der Waals surface area contributed by atoms with Gasteiger partial charge in [0.25, 0.3) is 0 Å². The van der Waals surface area contributed by atoms with Crippen LogP contribution in [-0.4, -0.2) is 32.9 Å². The molecule has 1 aromatic heterocycles. The van der Waals surface area contributed by atoms with E-state index in [4.69, 9.17) is 9.47 Å². The number of aryl methyl sites for hydroxylation is 1. The van der Waals surface area contributed by atoms with E-state index < -0.39 is 0 Å². The average molecular weight is 379 g/mol. The molecule has 1 atom stereocenters. The number of carbonyl (C=O) groups excluding carboxylic acids is 1. The summed E-state index contributed by atoms with van der Waals surface area (Å²) < 4.78 is 10.7. The van der Waals surface area contributed by atoms with Crippen LogP contribution in [0.5, 0.6) is 11.5 Å². The monoisotopic (exact) mass is 379 g/mol. The van der Waals surface area contributed by atoms with Crippen LogP contribution in [0.2, 0.25) is 0 Å². The Kier molecular flexibility index (Phi) is 4.92. The highest BCUT2D eigenvalue weighted by Gasteiger charge is 2.17. The molecule has 0 bridgehead atoms. The van der Waals surface area contributed by atoms with Gasteiger partial charge < -0.3 is 14.8 Å². The first kappa shape index (κ1) is 18.0. The molecule has 1 amide bonds. The Morgan fingerprint density at radius 1 is 1.18 bits per heavy atom. The summed E-state index contributed by atoms with van der Waals surface area (Å²) in [6, 6.07) is 13.4. The Morgan fingerprint density at radius 2 is 1.96 bits per heavy atom. The number of rotatable bonds is 6. The number of hydrogen-bond donors (Lipinski definition) is 1. The molecular formula is C20H21N5O3. The largest absolute Gasteiger partial charge is 0.454 e. The minimum atomic E-state index is -0.199. The van der Waals surface area contributed by atoms with Crippen molar-refractivity contribution in [3.05, 3.63) is 53.6 Å². The molecule has 0 spiro atoms. The van der Waals surface area contributed by atoms with Gasteiger partial charge in [0.2, 0.25) is 18.5 Å². The number of fused-ring (bicyclic) bond motifs is 1. The lowest BCUT2D eigenvalue weighted by Crippen LogP contribution is -2.30. The summed E-state index contributed by atoms with van der Waals surface area (Å²) in [7, 11) is 0. The smallest absolute Gasteiger partial charge is 0.244 e. The number of aromatic nitrogens is 4. The van der Waals surface area contributed by atoms with Crippen LogP contribution in [0.15, 0.2) is 42.5 Å². The molecule has 1 N–H and O–H groups in total. The minimum Gasteiger partial charge on any atom is -0.454 e. The maximum atomic E-state index is 12.4. The van der Waals surface area contributed by atoms with Crippen molar-refractivity contribution in [3.63, 3.8) is 0 Å². The van der Waals surface area contributed by atoms with Gasteiger partial charge in [-0.3, -0.25) is 4.79 Å². The highest BCUT2D eigenvalue weighted by Crippen LogP contribution is 2.34. The van der Waals surface area contributed by atoms with Crippen molar-refractivity contribution in [1.82, 2.24) is 25.5 Å². The normalized spacial score (nSPS) is 13.4. The third-order valence-electron chi connectivity index (χ3n) is 4.63. The molecule has 3 aromatic rings. The van der Waals surface area contributed by atoms with E-state index >= 15 is 0 Å². The summed E-state index contributed by atoms with van der Waals surface area (Å²) in [5.74, 6) is 1.71. The Labute approximate surface area is 162 Å². The van der Waals surface area contributed by atoms with Gasteiger partial charge in [0.05, 0.1) is 6.04 Å². The van der Waals surface area contributed by atoms with E-state index in [1.54, 1.807) is 0 Å². The standard InChI is InChI=1S/C20H21N5O3/c1-3-14-4-6-15(7-5-14)20-22-24-25(23-20)11-19(26)21-13(2)16-8-9-17-18(10-16)28-12-27-17/h4-10,13H,3,11-12H2,1-2H3,(H,21,26)/t13-/m1/s1. The molecule has 144 valence electrons. The summed E-state index contributed by atoms with van der Waals surface area (Å²) >= 11 is 0. The van der Waals surface area contributed by atoms with Crippen LogP contribution in [0.25, 0.3) is 11.4 Å². The van der Waals surface area contributed by atoms with Crippen molar-refractivity contribution in [2.24, 2.45) is 0 Å². The number of nitrogens with zero attached hydrogens (tertiary/aromatic N) is 4.